The number of hydrogen-bond acceptors (Lipinski definition) is 3. The molecule has 1 fully saturated rings. The maximum Gasteiger partial charge on any atom is 0.290 e. The van der Waals surface area contributed by atoms with Crippen molar-refractivity contribution >= 4 is 5.82 Å². The molecule has 88 valence electrons. The summed E-state index contributed by atoms with van der Waals surface area (Å²) in [5.41, 5.74) is -0.125. The Kier molecular flexibility index (Phi) is 3.59. The highest BCUT2D eigenvalue weighted by Crippen LogP contribution is 2.23. The summed E-state index contributed by atoms with van der Waals surface area (Å²) in [6.07, 6.45) is 9.23. The molecule has 0 amide bonds. The van der Waals surface area contributed by atoms with Crippen molar-refractivity contribution in [2.75, 3.05) is 5.32 Å². The Labute approximate surface area is 95.5 Å². The zero-order valence-corrected chi connectivity index (χ0v) is 9.70. The van der Waals surface area contributed by atoms with Crippen LogP contribution in [0.1, 0.15) is 39.0 Å². The topological polar surface area (TPSA) is 57.8 Å². The van der Waals surface area contributed by atoms with Gasteiger partial charge in [0.2, 0.25) is 0 Å². The number of aromatic amines is 1. The summed E-state index contributed by atoms with van der Waals surface area (Å²) < 4.78 is 0. The lowest BCUT2D eigenvalue weighted by Gasteiger charge is -2.15. The molecule has 2 N–H and O–H groups in total. The molecule has 1 saturated carbocycles. The van der Waals surface area contributed by atoms with Gasteiger partial charge >= 0.3 is 0 Å². The van der Waals surface area contributed by atoms with Crippen molar-refractivity contribution in [1.82, 2.24) is 9.97 Å². The van der Waals surface area contributed by atoms with Gasteiger partial charge in [0.05, 0.1) is 0 Å². The molecule has 0 saturated heterocycles. The molecule has 0 aromatic carbocycles. The third kappa shape index (κ3) is 2.84. The third-order valence-electron chi connectivity index (χ3n) is 3.31. The minimum Gasteiger partial charge on any atom is -0.363 e. The van der Waals surface area contributed by atoms with Gasteiger partial charge in [-0.2, -0.15) is 0 Å². The van der Waals surface area contributed by atoms with E-state index >= 15 is 0 Å². The molecule has 0 spiro atoms. The van der Waals surface area contributed by atoms with Crippen molar-refractivity contribution in [3.05, 3.63) is 22.7 Å². The molecule has 2 atom stereocenters. The lowest BCUT2D eigenvalue weighted by molar-refractivity contribution is 0.501. The van der Waals surface area contributed by atoms with E-state index in [9.17, 15) is 4.79 Å². The fourth-order valence-corrected chi connectivity index (χ4v) is 2.28. The van der Waals surface area contributed by atoms with Crippen LogP contribution in [0.4, 0.5) is 5.82 Å². The minimum atomic E-state index is -0.125. The molecule has 4 heteroatoms. The summed E-state index contributed by atoms with van der Waals surface area (Å²) >= 11 is 0. The van der Waals surface area contributed by atoms with Crippen molar-refractivity contribution in [2.45, 2.75) is 45.1 Å². The van der Waals surface area contributed by atoms with Crippen LogP contribution in [0, 0.1) is 5.92 Å². The second kappa shape index (κ2) is 5.14. The van der Waals surface area contributed by atoms with Gasteiger partial charge in [0.1, 0.15) is 0 Å². The normalized spacial score (nSPS) is 26.1. The van der Waals surface area contributed by atoms with Crippen LogP contribution in [0.3, 0.4) is 0 Å². The van der Waals surface area contributed by atoms with Crippen molar-refractivity contribution in [3.8, 4) is 0 Å². The third-order valence-corrected chi connectivity index (χ3v) is 3.31. The maximum absolute atomic E-state index is 11.5. The molecule has 1 aromatic heterocycles. The highest BCUT2D eigenvalue weighted by molar-refractivity contribution is 5.31. The molecular weight excluding hydrogens is 202 g/mol. The van der Waals surface area contributed by atoms with Crippen LogP contribution in [0.25, 0.3) is 0 Å². The molecule has 2 rings (SSSR count). The SMILES string of the molecule is CC1CCCC(Nc2ncc[nH]c2=O)CC1. The summed E-state index contributed by atoms with van der Waals surface area (Å²) in [5, 5.41) is 3.25. The predicted octanol–water partition coefficient (Wildman–Crippen LogP) is 2.15. The Hall–Kier alpha value is -1.32. The first-order valence-electron chi connectivity index (χ1n) is 6.06. The van der Waals surface area contributed by atoms with Gasteiger partial charge in [-0.15, -0.1) is 0 Å². The summed E-state index contributed by atoms with van der Waals surface area (Å²) in [5.74, 6) is 1.27. The van der Waals surface area contributed by atoms with Crippen LogP contribution in [-0.2, 0) is 0 Å². The minimum absolute atomic E-state index is 0.125. The Morgan fingerprint density at radius 2 is 2.25 bits per heavy atom. The van der Waals surface area contributed by atoms with Gasteiger partial charge in [0, 0.05) is 18.4 Å². The number of rotatable bonds is 2. The summed E-state index contributed by atoms with van der Waals surface area (Å²) in [4.78, 5) is 18.2. The smallest absolute Gasteiger partial charge is 0.290 e. The van der Waals surface area contributed by atoms with Crippen LogP contribution in [0.2, 0.25) is 0 Å². The number of nitrogens with zero attached hydrogens (tertiary/aromatic N) is 1. The van der Waals surface area contributed by atoms with E-state index in [-0.39, 0.29) is 5.56 Å². The lowest BCUT2D eigenvalue weighted by Crippen LogP contribution is -2.24. The predicted molar refractivity (Wildman–Crippen MR) is 64.5 cm³/mol. The van der Waals surface area contributed by atoms with Crippen LogP contribution in [0.15, 0.2) is 17.2 Å². The average Bonchev–Trinajstić information content (AvgIpc) is 2.47. The van der Waals surface area contributed by atoms with E-state index in [1.807, 2.05) is 0 Å². The van der Waals surface area contributed by atoms with E-state index in [0.717, 1.165) is 18.8 Å². The second-order valence-corrected chi connectivity index (χ2v) is 4.72. The summed E-state index contributed by atoms with van der Waals surface area (Å²) in [6, 6.07) is 0.404. The first-order chi connectivity index (χ1) is 7.75. The van der Waals surface area contributed by atoms with Crippen molar-refractivity contribution < 1.29 is 0 Å². The molecule has 16 heavy (non-hydrogen) atoms. The van der Waals surface area contributed by atoms with Gasteiger partial charge in [0.25, 0.3) is 5.56 Å². The zero-order valence-electron chi connectivity index (χ0n) is 9.70. The monoisotopic (exact) mass is 221 g/mol. The molecule has 1 aliphatic rings. The molecule has 1 aliphatic carbocycles. The first kappa shape index (κ1) is 11.2. The standard InChI is InChI=1S/C12H19N3O/c1-9-3-2-4-10(6-5-9)15-11-12(16)14-8-7-13-11/h7-10H,2-6H2,1H3,(H,13,15)(H,14,16). The van der Waals surface area contributed by atoms with Gasteiger partial charge in [-0.25, -0.2) is 4.98 Å². The van der Waals surface area contributed by atoms with E-state index in [2.05, 4.69) is 22.2 Å². The van der Waals surface area contributed by atoms with Gasteiger partial charge in [-0.05, 0) is 25.2 Å². The van der Waals surface area contributed by atoms with Crippen LogP contribution in [-0.4, -0.2) is 16.0 Å². The Morgan fingerprint density at radius 1 is 1.38 bits per heavy atom. The number of hydrogen-bond donors (Lipinski definition) is 2. The molecule has 1 aromatic rings. The van der Waals surface area contributed by atoms with Crippen LogP contribution < -0.4 is 10.9 Å². The largest absolute Gasteiger partial charge is 0.363 e. The number of nitrogens with one attached hydrogen (secondary N) is 2. The van der Waals surface area contributed by atoms with Gasteiger partial charge in [0.15, 0.2) is 5.82 Å². The van der Waals surface area contributed by atoms with Gasteiger partial charge in [-0.3, -0.25) is 4.79 Å². The molecule has 0 bridgehead atoms. The van der Waals surface area contributed by atoms with Gasteiger partial charge < -0.3 is 10.3 Å². The Balaban J connectivity index is 1.99. The van der Waals surface area contributed by atoms with Crippen molar-refractivity contribution in [1.29, 1.82) is 0 Å². The second-order valence-electron chi connectivity index (χ2n) is 4.72. The van der Waals surface area contributed by atoms with Crippen molar-refractivity contribution in [3.63, 3.8) is 0 Å². The number of anilines is 1. The van der Waals surface area contributed by atoms with E-state index in [0.29, 0.717) is 11.9 Å². The summed E-state index contributed by atoms with van der Waals surface area (Å²) in [6.45, 7) is 2.30. The van der Waals surface area contributed by atoms with Crippen LogP contribution >= 0.6 is 0 Å². The van der Waals surface area contributed by atoms with Gasteiger partial charge in [-0.1, -0.05) is 19.8 Å². The summed E-state index contributed by atoms with van der Waals surface area (Å²) in [7, 11) is 0. The highest BCUT2D eigenvalue weighted by Gasteiger charge is 2.16. The first-order valence-corrected chi connectivity index (χ1v) is 6.06. The zero-order chi connectivity index (χ0) is 11.4. The molecule has 0 radical (unpaired) electrons. The Bertz CT molecular complexity index is 388. The van der Waals surface area contributed by atoms with E-state index in [1.54, 1.807) is 12.4 Å². The fourth-order valence-electron chi connectivity index (χ4n) is 2.28. The van der Waals surface area contributed by atoms with E-state index in [1.165, 1.54) is 19.3 Å². The molecule has 2 unspecified atom stereocenters. The Morgan fingerprint density at radius 3 is 3.06 bits per heavy atom. The maximum atomic E-state index is 11.5. The van der Waals surface area contributed by atoms with E-state index in [4.69, 9.17) is 0 Å². The molecule has 1 heterocycles. The number of H-pyrrole nitrogens is 1. The van der Waals surface area contributed by atoms with Crippen molar-refractivity contribution in [2.24, 2.45) is 5.92 Å². The van der Waals surface area contributed by atoms with Crippen LogP contribution in [0.5, 0.6) is 0 Å². The number of aromatic nitrogens is 2. The van der Waals surface area contributed by atoms with E-state index < -0.39 is 0 Å². The molecular formula is C12H19N3O. The molecule has 0 aliphatic heterocycles. The quantitative estimate of drug-likeness (QED) is 0.752. The fraction of sp³-hybridized carbons (Fsp3) is 0.667. The molecule has 4 nitrogen and oxygen atoms in total. The average molecular weight is 221 g/mol. The highest BCUT2D eigenvalue weighted by atomic mass is 16.1. The lowest BCUT2D eigenvalue weighted by atomic mass is 10.0.